The van der Waals surface area contributed by atoms with Crippen molar-refractivity contribution in [2.75, 3.05) is 0 Å². The first-order valence-corrected chi connectivity index (χ1v) is 13.4. The van der Waals surface area contributed by atoms with E-state index >= 15 is 0 Å². The summed E-state index contributed by atoms with van der Waals surface area (Å²) < 4.78 is 74.7. The third-order valence-electron chi connectivity index (χ3n) is 5.92. The molecule has 2 aromatic rings. The maximum Gasteiger partial charge on any atom is 0.336 e. The van der Waals surface area contributed by atoms with Crippen LogP contribution in [0.1, 0.15) is 41.3 Å². The lowest BCUT2D eigenvalue weighted by Gasteiger charge is -2.20. The second-order valence-corrected chi connectivity index (χ2v) is 11.4. The van der Waals surface area contributed by atoms with Crippen LogP contribution in [0.15, 0.2) is 56.7 Å². The molecular formula is C24H22NO9S2+. The quantitative estimate of drug-likeness (QED) is 0.221. The van der Waals surface area contributed by atoms with Crippen molar-refractivity contribution >= 4 is 37.2 Å². The monoisotopic (exact) mass is 532 g/mol. The number of rotatable bonds is 5. The van der Waals surface area contributed by atoms with Crippen molar-refractivity contribution in [2.24, 2.45) is 0 Å². The van der Waals surface area contributed by atoms with Crippen molar-refractivity contribution in [2.45, 2.75) is 36.5 Å². The lowest BCUT2D eigenvalue weighted by Crippen LogP contribution is -2.47. The molecule has 4 rings (SSSR count). The number of nitrogens with two attached hydrogens (primary N) is 1. The summed E-state index contributed by atoms with van der Waals surface area (Å²) in [4.78, 5) is 10.8. The number of carboxylic acid groups (broad SMARTS) is 1. The van der Waals surface area contributed by atoms with E-state index in [9.17, 15) is 35.8 Å². The highest BCUT2D eigenvalue weighted by Crippen LogP contribution is 2.45. The Bertz CT molecular complexity index is 1820. The van der Waals surface area contributed by atoms with Crippen molar-refractivity contribution in [1.82, 2.24) is 0 Å². The highest BCUT2D eigenvalue weighted by Gasteiger charge is 2.32. The summed E-state index contributed by atoms with van der Waals surface area (Å²) in [5.41, 5.74) is 0.554. The highest BCUT2D eigenvalue weighted by atomic mass is 32.2. The molecule has 0 atom stereocenters. The minimum atomic E-state index is -4.98. The van der Waals surface area contributed by atoms with Crippen LogP contribution < -0.4 is 10.8 Å². The molecule has 0 bridgehead atoms. The van der Waals surface area contributed by atoms with Crippen LogP contribution in [0.3, 0.4) is 0 Å². The van der Waals surface area contributed by atoms with E-state index in [1.54, 1.807) is 6.07 Å². The van der Waals surface area contributed by atoms with Gasteiger partial charge in [0.1, 0.15) is 4.90 Å². The standard InChI is InChI=1S/C24H21NO9S2/c1-11(2)13-5-7-14(17(10-13)24(26)27)19-15-6-4-12(3)22(35(28,29)30)20(15)34-21-16(19)8-9-18(25)23(21)36(31,32)33/h4-11,25H,1-3H3,(H,26,27)(H,28,29,30)(H,31,32,33)/p+1. The first-order valence-electron chi connectivity index (χ1n) is 10.6. The molecule has 0 saturated heterocycles. The maximum atomic E-state index is 12.3. The van der Waals surface area contributed by atoms with Crippen LogP contribution in [0, 0.1) is 6.92 Å². The minimum Gasteiger partial charge on any atom is -0.478 e. The van der Waals surface area contributed by atoms with Crippen LogP contribution in [0.2, 0.25) is 0 Å². The van der Waals surface area contributed by atoms with Gasteiger partial charge in [0.15, 0.2) is 11.3 Å². The smallest absolute Gasteiger partial charge is 0.336 e. The molecule has 1 aliphatic carbocycles. The molecular weight excluding hydrogens is 510 g/mol. The molecule has 5 N–H and O–H groups in total. The van der Waals surface area contributed by atoms with Crippen molar-refractivity contribution in [3.63, 3.8) is 0 Å². The molecule has 188 valence electrons. The molecule has 1 heterocycles. The van der Waals surface area contributed by atoms with Gasteiger partial charge in [0.05, 0.1) is 5.56 Å². The third kappa shape index (κ3) is 4.17. The van der Waals surface area contributed by atoms with Gasteiger partial charge in [-0.1, -0.05) is 38.1 Å². The van der Waals surface area contributed by atoms with Gasteiger partial charge in [-0.15, -0.1) is 0 Å². The van der Waals surface area contributed by atoms with Crippen LogP contribution in [0.25, 0.3) is 33.4 Å². The topological polar surface area (TPSA) is 185 Å². The number of hydrogen-bond acceptors (Lipinski definition) is 6. The van der Waals surface area contributed by atoms with E-state index < -0.39 is 47.3 Å². The Morgan fingerprint density at radius 1 is 0.917 bits per heavy atom. The Hall–Kier alpha value is -3.58. The van der Waals surface area contributed by atoms with Gasteiger partial charge in [-0.2, -0.15) is 16.8 Å². The normalized spacial score (nSPS) is 12.5. The zero-order valence-corrected chi connectivity index (χ0v) is 20.9. The fourth-order valence-electron chi connectivity index (χ4n) is 4.28. The van der Waals surface area contributed by atoms with Crippen molar-refractivity contribution in [3.05, 3.63) is 64.5 Å². The van der Waals surface area contributed by atoms with Gasteiger partial charge in [0, 0.05) is 22.6 Å². The summed E-state index contributed by atoms with van der Waals surface area (Å²) in [5.74, 6) is -1.78. The Morgan fingerprint density at radius 3 is 2.08 bits per heavy atom. The molecule has 36 heavy (non-hydrogen) atoms. The van der Waals surface area contributed by atoms with Gasteiger partial charge < -0.3 is 9.52 Å². The Balaban J connectivity index is 2.36. The van der Waals surface area contributed by atoms with Crippen LogP contribution in [-0.4, -0.2) is 37.0 Å². The van der Waals surface area contributed by atoms with Gasteiger partial charge in [0.25, 0.3) is 10.1 Å². The summed E-state index contributed by atoms with van der Waals surface area (Å²) in [5, 5.41) is 15.6. The van der Waals surface area contributed by atoms with Gasteiger partial charge in [-0.05, 0) is 41.7 Å². The van der Waals surface area contributed by atoms with Crippen LogP contribution in [0.5, 0.6) is 0 Å². The van der Waals surface area contributed by atoms with Gasteiger partial charge in [-0.25, -0.2) is 4.79 Å². The average Bonchev–Trinajstić information content (AvgIpc) is 2.74. The van der Waals surface area contributed by atoms with E-state index in [2.05, 4.69) is 0 Å². The predicted molar refractivity (Wildman–Crippen MR) is 129 cm³/mol. The molecule has 0 aromatic heterocycles. The number of carboxylic acids is 1. The zero-order chi connectivity index (χ0) is 26.7. The second-order valence-electron chi connectivity index (χ2n) is 8.64. The SMILES string of the molecule is Cc1ccc2c(-c3ccc(C(C)C)cc3C(=O)O)c3ccc(=[NH2+])c(S(=O)(=O)O)c-3oc2c1S(=O)(=O)O. The zero-order valence-electron chi connectivity index (χ0n) is 19.3. The van der Waals surface area contributed by atoms with Crippen LogP contribution >= 0.6 is 0 Å². The van der Waals surface area contributed by atoms with E-state index in [-0.39, 0.29) is 44.5 Å². The summed E-state index contributed by atoms with van der Waals surface area (Å²) in [6.07, 6.45) is 0. The van der Waals surface area contributed by atoms with Gasteiger partial charge in [0.2, 0.25) is 10.3 Å². The molecule has 0 amide bonds. The Kier molecular flexibility index (Phi) is 6.04. The van der Waals surface area contributed by atoms with E-state index in [4.69, 9.17) is 9.83 Å². The first-order chi connectivity index (χ1) is 16.6. The molecule has 0 unspecified atom stereocenters. The van der Waals surface area contributed by atoms with E-state index in [1.807, 2.05) is 13.8 Å². The van der Waals surface area contributed by atoms with Crippen molar-refractivity contribution in [3.8, 4) is 22.5 Å². The Labute approximate surface area is 206 Å². The van der Waals surface area contributed by atoms with Crippen LogP contribution in [0.4, 0.5) is 0 Å². The summed E-state index contributed by atoms with van der Waals surface area (Å²) in [6, 6.07) is 10.2. The van der Waals surface area contributed by atoms with Crippen molar-refractivity contribution in [1.29, 1.82) is 0 Å². The van der Waals surface area contributed by atoms with Gasteiger partial charge in [-0.3, -0.25) is 14.5 Å². The first kappa shape index (κ1) is 25.5. The molecule has 12 heteroatoms. The number of fused-ring (bicyclic) bond motifs is 2. The molecule has 0 saturated carbocycles. The fourth-order valence-corrected chi connectivity index (χ4v) is 5.89. The lowest BCUT2D eigenvalue weighted by atomic mass is 9.88. The van der Waals surface area contributed by atoms with E-state index in [0.29, 0.717) is 0 Å². The minimum absolute atomic E-state index is 0.00358. The second kappa shape index (κ2) is 8.52. The number of aryl methyl sites for hydroxylation is 1. The average molecular weight is 533 g/mol. The molecule has 1 aliphatic heterocycles. The maximum absolute atomic E-state index is 12.3. The highest BCUT2D eigenvalue weighted by molar-refractivity contribution is 7.86. The summed E-state index contributed by atoms with van der Waals surface area (Å²) in [7, 11) is -9.86. The molecule has 0 fully saturated rings. The summed E-state index contributed by atoms with van der Waals surface area (Å²) >= 11 is 0. The molecule has 0 radical (unpaired) electrons. The number of carbonyl (C=O) groups is 1. The van der Waals surface area contributed by atoms with Crippen molar-refractivity contribution < 1.29 is 45.7 Å². The van der Waals surface area contributed by atoms with E-state index in [1.165, 1.54) is 43.3 Å². The molecule has 2 aromatic carbocycles. The predicted octanol–water partition coefficient (Wildman–Crippen LogP) is 2.49. The number of benzene rings is 3. The molecule has 2 aliphatic rings. The van der Waals surface area contributed by atoms with Crippen LogP contribution in [-0.2, 0) is 20.2 Å². The third-order valence-corrected chi connectivity index (χ3v) is 7.88. The number of aromatic carboxylic acids is 1. The molecule has 0 spiro atoms. The van der Waals surface area contributed by atoms with Gasteiger partial charge >= 0.3 is 16.1 Å². The fraction of sp³-hybridized carbons (Fsp3) is 0.167. The summed E-state index contributed by atoms with van der Waals surface area (Å²) in [6.45, 7) is 5.16. The number of hydrogen-bond donors (Lipinski definition) is 4. The largest absolute Gasteiger partial charge is 0.478 e. The van der Waals surface area contributed by atoms with E-state index in [0.717, 1.165) is 5.56 Å². The lowest BCUT2D eigenvalue weighted by molar-refractivity contribution is -0.176. The molecule has 10 nitrogen and oxygen atoms in total. The Morgan fingerprint density at radius 2 is 1.53 bits per heavy atom.